The lowest BCUT2D eigenvalue weighted by atomic mass is 9.88. The third kappa shape index (κ3) is 2.27. The van der Waals surface area contributed by atoms with Crippen LogP contribution >= 0.6 is 11.6 Å². The van der Waals surface area contributed by atoms with Gasteiger partial charge in [0.15, 0.2) is 5.78 Å². The van der Waals surface area contributed by atoms with Gasteiger partial charge < -0.3 is 0 Å². The Morgan fingerprint density at radius 3 is 2.35 bits per heavy atom. The number of carbonyl (C=O) groups excluding carboxylic acids is 2. The van der Waals surface area contributed by atoms with E-state index in [-0.39, 0.29) is 11.6 Å². The van der Waals surface area contributed by atoms with Crippen LogP contribution in [-0.4, -0.2) is 11.6 Å². The zero-order valence-corrected chi connectivity index (χ0v) is 11.6. The van der Waals surface area contributed by atoms with Crippen molar-refractivity contribution in [1.82, 2.24) is 0 Å². The Morgan fingerprint density at radius 1 is 0.900 bits per heavy atom. The van der Waals surface area contributed by atoms with Crippen LogP contribution in [0.5, 0.6) is 0 Å². The van der Waals surface area contributed by atoms with Crippen LogP contribution in [0.2, 0.25) is 5.02 Å². The molecule has 0 radical (unpaired) electrons. The van der Waals surface area contributed by atoms with Gasteiger partial charge in [0.25, 0.3) is 0 Å². The van der Waals surface area contributed by atoms with E-state index >= 15 is 0 Å². The highest BCUT2D eigenvalue weighted by Gasteiger charge is 2.32. The number of aryl methyl sites for hydroxylation is 1. The number of Topliss-reactive ketones (excluding diaryl/α,β-unsaturated/α-hetero) is 2. The van der Waals surface area contributed by atoms with Crippen molar-refractivity contribution in [1.29, 1.82) is 0 Å². The van der Waals surface area contributed by atoms with Crippen molar-refractivity contribution in [2.24, 2.45) is 0 Å². The molecule has 0 aromatic heterocycles. The van der Waals surface area contributed by atoms with Gasteiger partial charge in [0.1, 0.15) is 11.7 Å². The number of ketones is 2. The van der Waals surface area contributed by atoms with Crippen molar-refractivity contribution in [3.63, 3.8) is 0 Å². The molecule has 0 fully saturated rings. The standard InChI is InChI=1S/C17H13ClO2/c18-13-8-5-12(6-9-13)16-15(19)10-7-11-3-1-2-4-14(11)17(16)20/h1-6,8-9,16H,7,10H2. The SMILES string of the molecule is O=C1CCc2ccccc2C(=O)C1c1ccc(Cl)cc1. The predicted molar refractivity (Wildman–Crippen MR) is 78.3 cm³/mol. The minimum absolute atomic E-state index is 0.0199. The fourth-order valence-corrected chi connectivity index (χ4v) is 2.80. The van der Waals surface area contributed by atoms with Crippen LogP contribution in [-0.2, 0) is 11.2 Å². The Hall–Kier alpha value is -1.93. The quantitative estimate of drug-likeness (QED) is 0.589. The monoisotopic (exact) mass is 284 g/mol. The lowest BCUT2D eigenvalue weighted by molar-refractivity contribution is -0.119. The molecule has 0 saturated carbocycles. The molecule has 100 valence electrons. The minimum atomic E-state index is -0.698. The first-order valence-corrected chi connectivity index (χ1v) is 6.95. The maximum absolute atomic E-state index is 12.7. The molecule has 2 aromatic rings. The Morgan fingerprint density at radius 2 is 1.60 bits per heavy atom. The average Bonchev–Trinajstić information content (AvgIpc) is 2.59. The highest BCUT2D eigenvalue weighted by atomic mass is 35.5. The van der Waals surface area contributed by atoms with Gasteiger partial charge in [-0.15, -0.1) is 0 Å². The lowest BCUT2D eigenvalue weighted by Gasteiger charge is -2.13. The van der Waals surface area contributed by atoms with Gasteiger partial charge in [-0.1, -0.05) is 48.0 Å². The summed E-state index contributed by atoms with van der Waals surface area (Å²) < 4.78 is 0. The molecule has 3 rings (SSSR count). The molecule has 1 aliphatic rings. The fraction of sp³-hybridized carbons (Fsp3) is 0.176. The zero-order valence-electron chi connectivity index (χ0n) is 10.8. The van der Waals surface area contributed by atoms with E-state index in [2.05, 4.69) is 0 Å². The van der Waals surface area contributed by atoms with Gasteiger partial charge in [-0.3, -0.25) is 9.59 Å². The largest absolute Gasteiger partial charge is 0.298 e. The van der Waals surface area contributed by atoms with E-state index in [9.17, 15) is 9.59 Å². The van der Waals surface area contributed by atoms with E-state index in [4.69, 9.17) is 11.6 Å². The molecule has 2 aromatic carbocycles. The van der Waals surface area contributed by atoms with E-state index in [1.165, 1.54) is 0 Å². The number of rotatable bonds is 1. The zero-order chi connectivity index (χ0) is 14.1. The lowest BCUT2D eigenvalue weighted by Crippen LogP contribution is -2.20. The van der Waals surface area contributed by atoms with Gasteiger partial charge in [-0.2, -0.15) is 0 Å². The molecule has 0 heterocycles. The van der Waals surface area contributed by atoms with Crippen LogP contribution in [0.4, 0.5) is 0 Å². The molecule has 20 heavy (non-hydrogen) atoms. The molecule has 1 atom stereocenters. The van der Waals surface area contributed by atoms with Crippen molar-refractivity contribution in [2.45, 2.75) is 18.8 Å². The number of carbonyl (C=O) groups is 2. The highest BCUT2D eigenvalue weighted by molar-refractivity contribution is 6.30. The Bertz CT molecular complexity index is 674. The number of benzene rings is 2. The van der Waals surface area contributed by atoms with E-state index in [0.29, 0.717) is 23.4 Å². The molecule has 1 unspecified atom stereocenters. The first-order chi connectivity index (χ1) is 9.66. The summed E-state index contributed by atoms with van der Waals surface area (Å²) in [5.41, 5.74) is 2.35. The van der Waals surface area contributed by atoms with Gasteiger partial charge in [-0.25, -0.2) is 0 Å². The van der Waals surface area contributed by atoms with Gasteiger partial charge in [0.2, 0.25) is 0 Å². The average molecular weight is 285 g/mol. The normalized spacial score (nSPS) is 18.6. The maximum Gasteiger partial charge on any atom is 0.178 e. The molecule has 0 spiro atoms. The van der Waals surface area contributed by atoms with Crippen molar-refractivity contribution in [2.75, 3.05) is 0 Å². The molecule has 0 amide bonds. The van der Waals surface area contributed by atoms with Crippen LogP contribution < -0.4 is 0 Å². The summed E-state index contributed by atoms with van der Waals surface area (Å²) >= 11 is 5.87. The van der Waals surface area contributed by atoms with Crippen LogP contribution in [0.15, 0.2) is 48.5 Å². The predicted octanol–water partition coefficient (Wildman–Crippen LogP) is 3.82. The summed E-state index contributed by atoms with van der Waals surface area (Å²) in [7, 11) is 0. The Kier molecular flexibility index (Phi) is 3.41. The number of hydrogen-bond acceptors (Lipinski definition) is 2. The second kappa shape index (κ2) is 5.22. The van der Waals surface area contributed by atoms with Crippen LogP contribution in [0.3, 0.4) is 0 Å². The van der Waals surface area contributed by atoms with Crippen molar-refractivity contribution >= 4 is 23.2 Å². The van der Waals surface area contributed by atoms with Crippen molar-refractivity contribution < 1.29 is 9.59 Å². The summed E-state index contributed by atoms with van der Waals surface area (Å²) in [5, 5.41) is 0.600. The summed E-state index contributed by atoms with van der Waals surface area (Å²) in [6.07, 6.45) is 1.03. The van der Waals surface area contributed by atoms with E-state index in [1.807, 2.05) is 18.2 Å². The molecule has 2 nitrogen and oxygen atoms in total. The van der Waals surface area contributed by atoms with Crippen molar-refractivity contribution in [3.8, 4) is 0 Å². The maximum atomic E-state index is 12.7. The molecular formula is C17H13ClO2. The molecule has 0 N–H and O–H groups in total. The van der Waals surface area contributed by atoms with Gasteiger partial charge in [0.05, 0.1) is 0 Å². The molecule has 0 aliphatic heterocycles. The van der Waals surface area contributed by atoms with Crippen molar-refractivity contribution in [3.05, 3.63) is 70.2 Å². The molecule has 0 saturated heterocycles. The van der Waals surface area contributed by atoms with Crippen LogP contribution in [0.1, 0.15) is 33.8 Å². The second-order valence-electron chi connectivity index (χ2n) is 4.97. The number of fused-ring (bicyclic) bond motifs is 1. The molecule has 1 aliphatic carbocycles. The number of halogens is 1. The number of hydrogen-bond donors (Lipinski definition) is 0. The molecule has 3 heteroatoms. The van der Waals surface area contributed by atoms with Crippen LogP contribution in [0.25, 0.3) is 0 Å². The minimum Gasteiger partial charge on any atom is -0.298 e. The molecule has 0 bridgehead atoms. The van der Waals surface area contributed by atoms with E-state index in [0.717, 1.165) is 11.1 Å². The Balaban J connectivity index is 2.08. The first-order valence-electron chi connectivity index (χ1n) is 6.57. The van der Waals surface area contributed by atoms with Crippen LogP contribution in [0, 0.1) is 0 Å². The summed E-state index contributed by atoms with van der Waals surface area (Å²) in [6, 6.07) is 14.4. The third-order valence-electron chi connectivity index (χ3n) is 3.71. The fourth-order valence-electron chi connectivity index (χ4n) is 2.68. The van der Waals surface area contributed by atoms with Gasteiger partial charge in [0, 0.05) is 17.0 Å². The topological polar surface area (TPSA) is 34.1 Å². The van der Waals surface area contributed by atoms with Gasteiger partial charge in [-0.05, 0) is 29.7 Å². The smallest absolute Gasteiger partial charge is 0.178 e. The van der Waals surface area contributed by atoms with E-state index in [1.54, 1.807) is 30.3 Å². The summed E-state index contributed by atoms with van der Waals surface area (Å²) in [6.45, 7) is 0. The summed E-state index contributed by atoms with van der Waals surface area (Å²) in [4.78, 5) is 25.0. The summed E-state index contributed by atoms with van der Waals surface area (Å²) in [5.74, 6) is -0.824. The first kappa shape index (κ1) is 13.1. The second-order valence-corrected chi connectivity index (χ2v) is 5.41. The highest BCUT2D eigenvalue weighted by Crippen LogP contribution is 2.30. The molecular weight excluding hydrogens is 272 g/mol. The van der Waals surface area contributed by atoms with Gasteiger partial charge >= 0.3 is 0 Å². The Labute approximate surface area is 122 Å². The van der Waals surface area contributed by atoms with E-state index < -0.39 is 5.92 Å². The third-order valence-corrected chi connectivity index (χ3v) is 3.96.